The summed E-state index contributed by atoms with van der Waals surface area (Å²) in [6.45, 7) is 1.32. The van der Waals surface area contributed by atoms with Crippen LogP contribution in [0.5, 0.6) is 0 Å². The van der Waals surface area contributed by atoms with E-state index < -0.39 is 46.8 Å². The van der Waals surface area contributed by atoms with Gasteiger partial charge in [-0.3, -0.25) is 9.59 Å². The van der Waals surface area contributed by atoms with Gasteiger partial charge in [-0.15, -0.1) is 11.8 Å². The molecule has 1 aliphatic rings. The van der Waals surface area contributed by atoms with E-state index in [1.54, 1.807) is 48.2 Å². The molecule has 1 aliphatic heterocycles. The summed E-state index contributed by atoms with van der Waals surface area (Å²) in [7, 11) is 0. The molecule has 4 aromatic carbocycles. The lowest BCUT2D eigenvalue weighted by Crippen LogP contribution is -2.31. The van der Waals surface area contributed by atoms with Crippen LogP contribution in [0.3, 0.4) is 0 Å². The van der Waals surface area contributed by atoms with E-state index in [1.165, 1.54) is 19.1 Å². The van der Waals surface area contributed by atoms with Gasteiger partial charge in [0, 0.05) is 40.9 Å². The lowest BCUT2D eigenvalue weighted by Gasteiger charge is -2.36. The number of carbonyl (C=O) groups excluding carboxylic acids is 2. The van der Waals surface area contributed by atoms with Crippen LogP contribution in [-0.4, -0.2) is 28.8 Å². The summed E-state index contributed by atoms with van der Waals surface area (Å²) in [5.74, 6) is -12.4. The second-order valence-corrected chi connectivity index (χ2v) is 11.5. The van der Waals surface area contributed by atoms with E-state index in [0.29, 0.717) is 23.4 Å². The molecule has 1 heterocycles. The van der Waals surface area contributed by atoms with Crippen LogP contribution >= 0.6 is 11.8 Å². The van der Waals surface area contributed by atoms with Gasteiger partial charge < -0.3 is 25.2 Å². The van der Waals surface area contributed by atoms with E-state index in [9.17, 15) is 36.6 Å². The van der Waals surface area contributed by atoms with Crippen molar-refractivity contribution in [2.24, 2.45) is 0 Å². The molecule has 46 heavy (non-hydrogen) atoms. The quantitative estimate of drug-likeness (QED) is 0.0750. The number of nitrogens with one attached hydrogen (secondary N) is 2. The smallest absolute Gasteiger partial charge is 0.261 e. The zero-order valence-electron chi connectivity index (χ0n) is 24.2. The largest absolute Gasteiger partial charge is 0.392 e. The molecule has 240 valence electrons. The predicted octanol–water partition coefficient (Wildman–Crippen LogP) is 7.42. The Kier molecular flexibility index (Phi) is 10.4. The molecule has 0 spiro atoms. The van der Waals surface area contributed by atoms with Gasteiger partial charge in [-0.25, -0.2) is 22.0 Å². The van der Waals surface area contributed by atoms with E-state index in [2.05, 4.69) is 10.6 Å². The number of thioether (sulfide) groups is 1. The number of aliphatic hydroxyl groups excluding tert-OH is 1. The number of hydrogen-bond donors (Lipinski definition) is 3. The zero-order chi connectivity index (χ0) is 33.0. The highest BCUT2D eigenvalue weighted by atomic mass is 32.2. The van der Waals surface area contributed by atoms with Crippen molar-refractivity contribution in [3.8, 4) is 0 Å². The summed E-state index contributed by atoms with van der Waals surface area (Å²) >= 11 is 1.56. The van der Waals surface area contributed by atoms with Crippen molar-refractivity contribution in [2.45, 2.75) is 43.3 Å². The minimum Gasteiger partial charge on any atom is -0.392 e. The molecule has 0 bridgehead atoms. The van der Waals surface area contributed by atoms with Gasteiger partial charge in [0.25, 0.3) is 5.91 Å². The maximum Gasteiger partial charge on any atom is 0.261 e. The first-order valence-corrected chi connectivity index (χ1v) is 15.0. The number of ether oxygens (including phenoxy) is 2. The highest BCUT2D eigenvalue weighted by molar-refractivity contribution is 7.99. The fourth-order valence-electron chi connectivity index (χ4n) is 4.77. The predicted molar refractivity (Wildman–Crippen MR) is 161 cm³/mol. The van der Waals surface area contributed by atoms with Crippen LogP contribution in [0.15, 0.2) is 77.7 Å². The molecule has 1 fully saturated rings. The molecule has 4 aromatic rings. The summed E-state index contributed by atoms with van der Waals surface area (Å²) in [4.78, 5) is 24.7. The van der Waals surface area contributed by atoms with Crippen LogP contribution < -0.4 is 10.6 Å². The number of benzene rings is 4. The summed E-state index contributed by atoms with van der Waals surface area (Å²) in [5.41, 5.74) is 1.26. The summed E-state index contributed by atoms with van der Waals surface area (Å²) in [5, 5.41) is 14.3. The third kappa shape index (κ3) is 7.56. The SMILES string of the molecule is CC(=O)Nc1ccc(SC[C@H]2C[C@@H](c3ccc(CO)cc3)O[C@@H](c3ccc(NC(=O)c4c(F)c(F)c(F)c(F)c4F)cc3)O2)cc1. The fraction of sp³-hybridized carbons (Fsp3) is 0.212. The van der Waals surface area contributed by atoms with Crippen LogP contribution in [0.2, 0.25) is 0 Å². The minimum absolute atomic E-state index is 0.0273. The number of anilines is 2. The van der Waals surface area contributed by atoms with Crippen LogP contribution in [0.1, 0.15) is 52.8 Å². The lowest BCUT2D eigenvalue weighted by molar-refractivity contribution is -0.245. The van der Waals surface area contributed by atoms with E-state index in [4.69, 9.17) is 9.47 Å². The molecule has 3 atom stereocenters. The van der Waals surface area contributed by atoms with Crippen LogP contribution in [-0.2, 0) is 20.9 Å². The molecule has 13 heteroatoms. The summed E-state index contributed by atoms with van der Waals surface area (Å²) in [6.07, 6.45) is -1.01. The Morgan fingerprint density at radius 2 is 1.30 bits per heavy atom. The van der Waals surface area contributed by atoms with Crippen molar-refractivity contribution in [3.63, 3.8) is 0 Å². The molecule has 2 amide bonds. The first-order chi connectivity index (χ1) is 22.0. The van der Waals surface area contributed by atoms with Crippen molar-refractivity contribution in [2.75, 3.05) is 16.4 Å². The molecule has 0 aliphatic carbocycles. The zero-order valence-corrected chi connectivity index (χ0v) is 25.0. The maximum atomic E-state index is 14.1. The van der Waals surface area contributed by atoms with Gasteiger partial charge >= 0.3 is 0 Å². The first kappa shape index (κ1) is 33.1. The Bertz CT molecular complexity index is 1690. The molecule has 0 unspecified atom stereocenters. The Balaban J connectivity index is 1.32. The van der Waals surface area contributed by atoms with Crippen LogP contribution in [0.4, 0.5) is 33.3 Å². The Morgan fingerprint density at radius 1 is 0.761 bits per heavy atom. The number of halogens is 5. The summed E-state index contributed by atoms with van der Waals surface area (Å²) < 4.78 is 81.4. The first-order valence-electron chi connectivity index (χ1n) is 14.0. The van der Waals surface area contributed by atoms with Gasteiger partial charge in [0.1, 0.15) is 5.56 Å². The van der Waals surface area contributed by atoms with Gasteiger partial charge in [0.2, 0.25) is 11.7 Å². The third-order valence-electron chi connectivity index (χ3n) is 7.10. The van der Waals surface area contributed by atoms with E-state index in [1.807, 2.05) is 24.3 Å². The van der Waals surface area contributed by atoms with Gasteiger partial charge in [0.05, 0.1) is 18.8 Å². The molecule has 3 N–H and O–H groups in total. The number of rotatable bonds is 9. The average Bonchev–Trinajstić information content (AvgIpc) is 3.06. The molecule has 1 saturated heterocycles. The second kappa shape index (κ2) is 14.4. The topological polar surface area (TPSA) is 96.9 Å². The Hall–Kier alpha value is -4.30. The number of aliphatic hydroxyl groups is 1. The van der Waals surface area contributed by atoms with Crippen LogP contribution in [0.25, 0.3) is 0 Å². The van der Waals surface area contributed by atoms with Crippen LogP contribution in [0, 0.1) is 29.1 Å². The van der Waals surface area contributed by atoms with Crippen molar-refractivity contribution in [3.05, 3.63) is 124 Å². The highest BCUT2D eigenvalue weighted by Gasteiger charge is 2.33. The molecule has 5 rings (SSSR count). The van der Waals surface area contributed by atoms with Crippen molar-refractivity contribution in [1.82, 2.24) is 0 Å². The molecular formula is C33H27F5N2O5S. The highest BCUT2D eigenvalue weighted by Crippen LogP contribution is 2.40. The number of carbonyl (C=O) groups is 2. The Labute approximate surface area is 264 Å². The monoisotopic (exact) mass is 658 g/mol. The molecule has 0 aromatic heterocycles. The normalized spacial score (nSPS) is 17.8. The van der Waals surface area contributed by atoms with E-state index in [-0.39, 0.29) is 30.4 Å². The van der Waals surface area contributed by atoms with E-state index >= 15 is 0 Å². The lowest BCUT2D eigenvalue weighted by atomic mass is 10.0. The maximum absolute atomic E-state index is 14.1. The fourth-order valence-corrected chi connectivity index (χ4v) is 5.69. The van der Waals surface area contributed by atoms with E-state index in [0.717, 1.165) is 16.0 Å². The molecule has 0 saturated carbocycles. The number of amides is 2. The summed E-state index contributed by atoms with van der Waals surface area (Å²) in [6, 6.07) is 20.5. The third-order valence-corrected chi connectivity index (χ3v) is 8.25. The second-order valence-electron chi connectivity index (χ2n) is 10.4. The van der Waals surface area contributed by atoms with Gasteiger partial charge in [-0.05, 0) is 47.5 Å². The van der Waals surface area contributed by atoms with Crippen molar-refractivity contribution < 1.29 is 46.1 Å². The van der Waals surface area contributed by atoms with Gasteiger partial charge in [-0.1, -0.05) is 36.4 Å². The van der Waals surface area contributed by atoms with Gasteiger partial charge in [-0.2, -0.15) is 0 Å². The molecule has 0 radical (unpaired) electrons. The average molecular weight is 659 g/mol. The van der Waals surface area contributed by atoms with Crippen molar-refractivity contribution >= 4 is 35.0 Å². The molecular weight excluding hydrogens is 631 g/mol. The Morgan fingerprint density at radius 3 is 1.89 bits per heavy atom. The standard InChI is InChI=1S/C33H27F5N2O5S/c1-17(42)39-21-10-12-24(13-11-21)46-16-23-14-25(19-4-2-18(15-41)3-5-19)45-33(44-23)20-6-8-22(9-7-20)40-32(43)26-27(34)29(36)31(38)30(37)28(26)35/h2-13,23,25,33,41H,14-16H2,1H3,(H,39,42)(H,40,43)/t23-,25+,33+/m1/s1. The number of hydrogen-bond acceptors (Lipinski definition) is 6. The minimum atomic E-state index is -2.36. The van der Waals surface area contributed by atoms with Gasteiger partial charge in [0.15, 0.2) is 29.6 Å². The van der Waals surface area contributed by atoms with Crippen molar-refractivity contribution in [1.29, 1.82) is 0 Å². The molecule has 7 nitrogen and oxygen atoms in total.